The lowest BCUT2D eigenvalue weighted by atomic mass is 9.86. The number of carboxylic acid groups (broad SMARTS) is 1. The lowest BCUT2D eigenvalue weighted by Crippen LogP contribution is -2.44. The van der Waals surface area contributed by atoms with Crippen LogP contribution in [0.2, 0.25) is 0 Å². The highest BCUT2D eigenvalue weighted by Crippen LogP contribution is 2.39. The van der Waals surface area contributed by atoms with Crippen LogP contribution in [0.5, 0.6) is 5.75 Å². The van der Waals surface area contributed by atoms with Crippen LogP contribution in [0.1, 0.15) is 48.4 Å². The van der Waals surface area contributed by atoms with Crippen molar-refractivity contribution in [3.63, 3.8) is 0 Å². The second kappa shape index (κ2) is 8.81. The quantitative estimate of drug-likeness (QED) is 0.296. The first kappa shape index (κ1) is 24.4. The number of hydrogen-bond acceptors (Lipinski definition) is 8. The highest BCUT2D eigenvalue weighted by molar-refractivity contribution is 5.89. The molecule has 1 unspecified atom stereocenters. The van der Waals surface area contributed by atoms with Gasteiger partial charge in [0.05, 0.1) is 29.0 Å². The highest BCUT2D eigenvalue weighted by atomic mass is 16.6. The molecule has 0 spiro atoms. The number of esters is 1. The first-order valence-corrected chi connectivity index (χ1v) is 12.7. The normalized spacial score (nSPS) is 21.1. The molecule has 0 radical (unpaired) electrons. The number of hydrogen-bond donors (Lipinski definition) is 4. The standard InChI is InChI=1S/C27H28N4O7/c1-2-27(37)19-10-21-23-14(11-31(21)24(33)18(19)13-38-25(27)34)9-16-17(22(32)4-3-20(16)29-23)12-30-7-5-15(6-8-30)28-26(35)36/h3-4,9-10,15,28,32,37H,2,5-8,11-13H2,1H3,(H,35,36). The van der Waals surface area contributed by atoms with E-state index in [4.69, 9.17) is 14.8 Å². The fourth-order valence-corrected chi connectivity index (χ4v) is 5.90. The van der Waals surface area contributed by atoms with Crippen molar-refractivity contribution < 1.29 is 29.6 Å². The maximum absolute atomic E-state index is 13.4. The van der Waals surface area contributed by atoms with E-state index in [-0.39, 0.29) is 48.0 Å². The number of fused-ring (bicyclic) bond motifs is 5. The molecule has 3 aliphatic heterocycles. The number of phenolic OH excluding ortho intramolecular Hbond substituents is 1. The first-order valence-electron chi connectivity index (χ1n) is 12.7. The molecule has 5 heterocycles. The number of aromatic nitrogens is 2. The van der Waals surface area contributed by atoms with Gasteiger partial charge in [-0.25, -0.2) is 14.6 Å². The van der Waals surface area contributed by atoms with Crippen LogP contribution >= 0.6 is 0 Å². The lowest BCUT2D eigenvalue weighted by molar-refractivity contribution is -0.172. The third-order valence-electron chi connectivity index (χ3n) is 8.08. The summed E-state index contributed by atoms with van der Waals surface area (Å²) in [6.45, 7) is 3.62. The smallest absolute Gasteiger partial charge is 0.404 e. The van der Waals surface area contributed by atoms with E-state index in [1.165, 1.54) is 0 Å². The van der Waals surface area contributed by atoms with Gasteiger partial charge in [-0.3, -0.25) is 9.69 Å². The van der Waals surface area contributed by atoms with Gasteiger partial charge in [0, 0.05) is 47.8 Å². The van der Waals surface area contributed by atoms with Crippen molar-refractivity contribution in [2.45, 2.75) is 57.5 Å². The van der Waals surface area contributed by atoms with Crippen LogP contribution in [0.3, 0.4) is 0 Å². The fourth-order valence-electron chi connectivity index (χ4n) is 5.90. The van der Waals surface area contributed by atoms with E-state index in [1.54, 1.807) is 29.7 Å². The van der Waals surface area contributed by atoms with Crippen LogP contribution in [0.25, 0.3) is 22.3 Å². The minimum absolute atomic E-state index is 0.0754. The van der Waals surface area contributed by atoms with Crippen molar-refractivity contribution in [1.29, 1.82) is 0 Å². The van der Waals surface area contributed by atoms with E-state index in [1.807, 2.05) is 6.07 Å². The number of benzene rings is 1. The van der Waals surface area contributed by atoms with Crippen LogP contribution < -0.4 is 10.9 Å². The Morgan fingerprint density at radius 3 is 2.71 bits per heavy atom. The number of likely N-dealkylation sites (tertiary alicyclic amines) is 1. The minimum atomic E-state index is -1.88. The van der Waals surface area contributed by atoms with E-state index < -0.39 is 17.7 Å². The Kier molecular flexibility index (Phi) is 5.65. The van der Waals surface area contributed by atoms with E-state index in [2.05, 4.69) is 10.2 Å². The number of carbonyl (C=O) groups is 2. The second-order valence-corrected chi connectivity index (χ2v) is 10.2. The number of carbonyl (C=O) groups excluding carboxylic acids is 1. The third-order valence-corrected chi connectivity index (χ3v) is 8.08. The molecular formula is C27H28N4O7. The van der Waals surface area contributed by atoms with Crippen LogP contribution in [0, 0.1) is 0 Å². The molecule has 38 heavy (non-hydrogen) atoms. The summed E-state index contributed by atoms with van der Waals surface area (Å²) in [6.07, 6.45) is 0.427. The summed E-state index contributed by atoms with van der Waals surface area (Å²) in [5.74, 6) is -0.610. The zero-order valence-corrected chi connectivity index (χ0v) is 20.9. The van der Waals surface area contributed by atoms with E-state index in [0.29, 0.717) is 49.4 Å². The minimum Gasteiger partial charge on any atom is -0.508 e. The number of nitrogens with zero attached hydrogens (tertiary/aromatic N) is 3. The monoisotopic (exact) mass is 520 g/mol. The van der Waals surface area contributed by atoms with Crippen molar-refractivity contribution in [1.82, 2.24) is 19.8 Å². The molecule has 0 saturated carbocycles. The highest BCUT2D eigenvalue weighted by Gasteiger charge is 2.45. The topological polar surface area (TPSA) is 154 Å². The number of aliphatic hydroxyl groups is 1. The molecule has 6 rings (SSSR count). The number of ether oxygens (including phenoxy) is 1. The lowest BCUT2D eigenvalue weighted by Gasteiger charge is -2.32. The maximum atomic E-state index is 13.4. The zero-order chi connectivity index (χ0) is 26.8. The van der Waals surface area contributed by atoms with Crippen molar-refractivity contribution in [3.8, 4) is 17.1 Å². The van der Waals surface area contributed by atoms with E-state index >= 15 is 0 Å². The Morgan fingerprint density at radius 1 is 1.24 bits per heavy atom. The van der Waals surface area contributed by atoms with Gasteiger partial charge >= 0.3 is 12.1 Å². The molecule has 0 bridgehead atoms. The van der Waals surface area contributed by atoms with Crippen molar-refractivity contribution >= 4 is 23.0 Å². The Morgan fingerprint density at radius 2 is 2.00 bits per heavy atom. The molecule has 198 valence electrons. The average Bonchev–Trinajstić information content (AvgIpc) is 3.26. The predicted octanol–water partition coefficient (Wildman–Crippen LogP) is 2.02. The van der Waals surface area contributed by atoms with Crippen LogP contribution in [-0.4, -0.2) is 61.0 Å². The SMILES string of the molecule is CCC1(O)C(=O)OCc2c1cc1n(c2=O)Cc2cc3c(CN4CCC(NC(=O)O)CC4)c(O)ccc3nc2-1. The Hall–Kier alpha value is -3.96. The van der Waals surface area contributed by atoms with Crippen LogP contribution in [0.15, 0.2) is 29.1 Å². The Balaban J connectivity index is 1.37. The molecular weight excluding hydrogens is 492 g/mol. The molecule has 2 aromatic heterocycles. The van der Waals surface area contributed by atoms with Crippen LogP contribution in [0.4, 0.5) is 4.79 Å². The van der Waals surface area contributed by atoms with E-state index in [9.17, 15) is 24.6 Å². The third kappa shape index (κ3) is 3.72. The molecule has 3 aliphatic rings. The number of nitrogens with one attached hydrogen (secondary N) is 1. The van der Waals surface area contributed by atoms with Crippen LogP contribution in [-0.2, 0) is 34.8 Å². The number of rotatable bonds is 4. The molecule has 1 amide bonds. The number of aromatic hydroxyl groups is 1. The summed E-state index contributed by atoms with van der Waals surface area (Å²) in [7, 11) is 0. The number of cyclic esters (lactones) is 1. The van der Waals surface area contributed by atoms with Gasteiger partial charge in [-0.05, 0) is 43.5 Å². The van der Waals surface area contributed by atoms with E-state index in [0.717, 1.165) is 16.5 Å². The van der Waals surface area contributed by atoms with Crippen molar-refractivity contribution in [2.24, 2.45) is 0 Å². The molecule has 4 N–H and O–H groups in total. The summed E-state index contributed by atoms with van der Waals surface area (Å²) in [6, 6.07) is 6.89. The summed E-state index contributed by atoms with van der Waals surface area (Å²) in [5.41, 5.74) is 1.67. The van der Waals surface area contributed by atoms with Gasteiger partial charge in [0.1, 0.15) is 12.4 Å². The number of amides is 1. The van der Waals surface area contributed by atoms with Gasteiger partial charge in [-0.2, -0.15) is 0 Å². The molecule has 0 aliphatic carbocycles. The number of piperidine rings is 1. The average molecular weight is 521 g/mol. The maximum Gasteiger partial charge on any atom is 0.404 e. The molecule has 3 aromatic rings. The fraction of sp³-hybridized carbons (Fsp3) is 0.407. The van der Waals surface area contributed by atoms with Gasteiger partial charge in [0.2, 0.25) is 0 Å². The summed E-state index contributed by atoms with van der Waals surface area (Å²) in [4.78, 5) is 43.8. The van der Waals surface area contributed by atoms with Gasteiger partial charge in [0.15, 0.2) is 5.60 Å². The molecule has 11 nitrogen and oxygen atoms in total. The number of pyridine rings is 2. The van der Waals surface area contributed by atoms with Gasteiger partial charge in [0.25, 0.3) is 5.56 Å². The predicted molar refractivity (Wildman–Crippen MR) is 136 cm³/mol. The first-order chi connectivity index (χ1) is 18.2. The second-order valence-electron chi connectivity index (χ2n) is 10.2. The van der Waals surface area contributed by atoms with Crippen molar-refractivity contribution in [3.05, 3.63) is 56.9 Å². The zero-order valence-electron chi connectivity index (χ0n) is 20.9. The summed E-state index contributed by atoms with van der Waals surface area (Å²) in [5, 5.41) is 34.1. The van der Waals surface area contributed by atoms with Gasteiger partial charge in [-0.15, -0.1) is 0 Å². The molecule has 11 heteroatoms. The molecule has 1 aromatic carbocycles. The molecule has 1 atom stereocenters. The summed E-state index contributed by atoms with van der Waals surface area (Å²) >= 11 is 0. The Bertz CT molecular complexity index is 1560. The van der Waals surface area contributed by atoms with Gasteiger partial charge in [-0.1, -0.05) is 6.92 Å². The molecule has 1 saturated heterocycles. The number of phenols is 1. The largest absolute Gasteiger partial charge is 0.508 e. The summed E-state index contributed by atoms with van der Waals surface area (Å²) < 4.78 is 6.72. The molecule has 1 fully saturated rings. The Labute approximate surface area is 217 Å². The van der Waals surface area contributed by atoms with Crippen molar-refractivity contribution in [2.75, 3.05) is 13.1 Å². The van der Waals surface area contributed by atoms with Gasteiger partial charge < -0.3 is 29.9 Å².